The Morgan fingerprint density at radius 2 is 1.89 bits per heavy atom. The van der Waals surface area contributed by atoms with Crippen LogP contribution in [0, 0.1) is 0 Å². The van der Waals surface area contributed by atoms with Crippen molar-refractivity contribution in [3.8, 4) is 0 Å². The van der Waals surface area contributed by atoms with E-state index in [2.05, 4.69) is 9.71 Å². The Morgan fingerprint density at radius 1 is 1.21 bits per heavy atom. The smallest absolute Gasteiger partial charge is 0.417 e. The van der Waals surface area contributed by atoms with Gasteiger partial charge in [0.05, 0.1) is 12.6 Å². The van der Waals surface area contributed by atoms with Crippen molar-refractivity contribution < 1.29 is 22.7 Å². The van der Waals surface area contributed by atoms with Crippen LogP contribution in [0.3, 0.4) is 0 Å². The maximum Gasteiger partial charge on any atom is 0.417 e. The second-order valence-corrected chi connectivity index (χ2v) is 8.51. The van der Waals surface area contributed by atoms with Gasteiger partial charge in [-0.2, -0.15) is 0 Å². The fourth-order valence-electron chi connectivity index (χ4n) is 3.00. The van der Waals surface area contributed by atoms with Gasteiger partial charge < -0.3 is 9.30 Å². The van der Waals surface area contributed by atoms with Crippen LogP contribution in [-0.2, 0) is 26.6 Å². The lowest BCUT2D eigenvalue weighted by Crippen LogP contribution is -2.40. The van der Waals surface area contributed by atoms with Gasteiger partial charge in [-0.3, -0.25) is 4.79 Å². The lowest BCUT2D eigenvalue weighted by Gasteiger charge is -2.22. The molecule has 0 bridgehead atoms. The summed E-state index contributed by atoms with van der Waals surface area (Å²) in [5.41, 5.74) is 0.610. The van der Waals surface area contributed by atoms with Crippen molar-refractivity contribution in [1.82, 2.24) is 19.2 Å². The molecule has 1 aromatic heterocycles. The van der Waals surface area contributed by atoms with E-state index in [9.17, 15) is 18.0 Å². The highest BCUT2D eigenvalue weighted by molar-refractivity contribution is 7.89. The molecule has 1 aliphatic heterocycles. The van der Waals surface area contributed by atoms with Gasteiger partial charge in [-0.15, -0.1) is 0 Å². The zero-order valence-electron chi connectivity index (χ0n) is 15.8. The molecule has 0 aliphatic carbocycles. The first-order valence-electron chi connectivity index (χ1n) is 8.76. The quantitative estimate of drug-likeness (QED) is 0.747. The zero-order chi connectivity index (χ0) is 20.5. The standard InChI is InChI=1S/C18H22N4O5S/c1-12(2)17-19-15(10-21(17)3)28(25,26)20-14(13-7-5-4-6-8-13)9-22-16(23)11-27-18(22)24/h4-8,10,12,14,20H,9,11H2,1-3H3. The Kier molecular flexibility index (Phi) is 5.52. The summed E-state index contributed by atoms with van der Waals surface area (Å²) in [5, 5.41) is -0.116. The second-order valence-electron chi connectivity index (χ2n) is 6.85. The third-order valence-electron chi connectivity index (χ3n) is 4.39. The SMILES string of the molecule is CC(C)c1nc(S(=O)(=O)NC(CN2C(=O)COC2=O)c2ccccc2)cn1C. The highest BCUT2D eigenvalue weighted by atomic mass is 32.2. The lowest BCUT2D eigenvalue weighted by atomic mass is 10.1. The first-order valence-corrected chi connectivity index (χ1v) is 10.2. The Hall–Kier alpha value is -2.72. The number of imidazole rings is 1. The molecule has 9 nitrogen and oxygen atoms in total. The minimum absolute atomic E-state index is 0.0517. The normalized spacial score (nSPS) is 15.9. The van der Waals surface area contributed by atoms with Crippen LogP contribution in [0.15, 0.2) is 41.6 Å². The van der Waals surface area contributed by atoms with Crippen molar-refractivity contribution in [3.05, 3.63) is 47.9 Å². The van der Waals surface area contributed by atoms with Crippen LogP contribution in [-0.4, -0.2) is 48.0 Å². The summed E-state index contributed by atoms with van der Waals surface area (Å²) in [7, 11) is -2.26. The molecule has 1 atom stereocenters. The van der Waals surface area contributed by atoms with E-state index < -0.39 is 28.1 Å². The number of nitrogens with zero attached hydrogens (tertiary/aromatic N) is 3. The van der Waals surface area contributed by atoms with Gasteiger partial charge in [-0.1, -0.05) is 44.2 Å². The number of cyclic esters (lactones) is 1. The van der Waals surface area contributed by atoms with E-state index in [1.54, 1.807) is 41.9 Å². The molecule has 1 unspecified atom stereocenters. The van der Waals surface area contributed by atoms with Crippen LogP contribution in [0.2, 0.25) is 0 Å². The van der Waals surface area contributed by atoms with Crippen LogP contribution < -0.4 is 4.72 Å². The number of hydrogen-bond donors (Lipinski definition) is 1. The average molecular weight is 406 g/mol. The number of imide groups is 1. The Morgan fingerprint density at radius 3 is 2.43 bits per heavy atom. The highest BCUT2D eigenvalue weighted by Crippen LogP contribution is 2.21. The summed E-state index contributed by atoms with van der Waals surface area (Å²) < 4.78 is 34.8. The van der Waals surface area contributed by atoms with Crippen LogP contribution in [0.4, 0.5) is 4.79 Å². The molecule has 1 saturated heterocycles. The molecular weight excluding hydrogens is 384 g/mol. The number of ether oxygens (including phenoxy) is 1. The molecule has 28 heavy (non-hydrogen) atoms. The number of carbonyl (C=O) groups excluding carboxylic acids is 2. The molecule has 0 saturated carbocycles. The number of carbonyl (C=O) groups is 2. The molecule has 2 amide bonds. The maximum absolute atomic E-state index is 12.9. The molecule has 2 aromatic rings. The van der Waals surface area contributed by atoms with E-state index in [1.165, 1.54) is 6.20 Å². The first kappa shape index (κ1) is 20.0. The molecule has 10 heteroatoms. The van der Waals surface area contributed by atoms with Gasteiger partial charge in [0.1, 0.15) is 5.82 Å². The van der Waals surface area contributed by atoms with E-state index in [4.69, 9.17) is 4.74 Å². The predicted octanol–water partition coefficient (Wildman–Crippen LogP) is 1.54. The third kappa shape index (κ3) is 4.07. The lowest BCUT2D eigenvalue weighted by molar-refractivity contribution is -0.126. The second kappa shape index (κ2) is 7.72. The van der Waals surface area contributed by atoms with Gasteiger partial charge in [0.2, 0.25) is 0 Å². The van der Waals surface area contributed by atoms with Gasteiger partial charge in [0.15, 0.2) is 11.6 Å². The fourth-order valence-corrected chi connectivity index (χ4v) is 4.22. The summed E-state index contributed by atoms with van der Waals surface area (Å²) in [6.07, 6.45) is 0.652. The number of sulfonamides is 1. The van der Waals surface area contributed by atoms with E-state index in [-0.39, 0.29) is 24.1 Å². The largest absolute Gasteiger partial charge is 0.439 e. The monoisotopic (exact) mass is 406 g/mol. The minimum atomic E-state index is -3.99. The third-order valence-corrected chi connectivity index (χ3v) is 5.73. The number of benzene rings is 1. The Labute approximate surface area is 163 Å². The van der Waals surface area contributed by atoms with Gasteiger partial charge in [0.25, 0.3) is 15.9 Å². The molecule has 3 rings (SSSR count). The van der Waals surface area contributed by atoms with Crippen molar-refractivity contribution in [1.29, 1.82) is 0 Å². The minimum Gasteiger partial charge on any atom is -0.439 e. The van der Waals surface area contributed by atoms with Crippen molar-refractivity contribution in [2.24, 2.45) is 7.05 Å². The molecule has 1 aliphatic rings. The number of aromatic nitrogens is 2. The van der Waals surface area contributed by atoms with Gasteiger partial charge >= 0.3 is 6.09 Å². The summed E-state index contributed by atoms with van der Waals surface area (Å²) in [6, 6.07) is 7.88. The number of aryl methyl sites for hydroxylation is 1. The molecule has 1 aromatic carbocycles. The van der Waals surface area contributed by atoms with Crippen LogP contribution in [0.5, 0.6) is 0 Å². The maximum atomic E-state index is 12.9. The fraction of sp³-hybridized carbons (Fsp3) is 0.389. The topological polar surface area (TPSA) is 111 Å². The van der Waals surface area contributed by atoms with Crippen LogP contribution >= 0.6 is 0 Å². The molecule has 0 radical (unpaired) electrons. The molecule has 150 valence electrons. The zero-order valence-corrected chi connectivity index (χ0v) is 16.6. The highest BCUT2D eigenvalue weighted by Gasteiger charge is 2.35. The molecule has 1 N–H and O–H groups in total. The number of nitrogens with one attached hydrogen (secondary N) is 1. The van der Waals surface area contributed by atoms with E-state index >= 15 is 0 Å². The van der Waals surface area contributed by atoms with Gasteiger partial charge in [-0.05, 0) is 5.56 Å². The number of amides is 2. The molecule has 2 heterocycles. The Bertz CT molecular complexity index is 969. The van der Waals surface area contributed by atoms with Crippen molar-refractivity contribution in [2.45, 2.75) is 30.8 Å². The van der Waals surface area contributed by atoms with Crippen LogP contribution in [0.1, 0.15) is 37.2 Å². The first-order chi connectivity index (χ1) is 13.2. The van der Waals surface area contributed by atoms with Crippen molar-refractivity contribution in [3.63, 3.8) is 0 Å². The van der Waals surface area contributed by atoms with E-state index in [1.807, 2.05) is 13.8 Å². The van der Waals surface area contributed by atoms with Crippen LogP contribution in [0.25, 0.3) is 0 Å². The summed E-state index contributed by atoms with van der Waals surface area (Å²) in [6.45, 7) is 3.32. The van der Waals surface area contributed by atoms with Gasteiger partial charge in [-0.25, -0.2) is 27.8 Å². The van der Waals surface area contributed by atoms with Crippen molar-refractivity contribution >= 4 is 22.0 Å². The summed E-state index contributed by atoms with van der Waals surface area (Å²) >= 11 is 0. The molecule has 0 spiro atoms. The number of rotatable bonds is 7. The van der Waals surface area contributed by atoms with E-state index in [0.717, 1.165) is 4.90 Å². The number of hydrogen-bond acceptors (Lipinski definition) is 6. The summed E-state index contributed by atoms with van der Waals surface area (Å²) in [4.78, 5) is 28.8. The predicted molar refractivity (Wildman–Crippen MR) is 99.9 cm³/mol. The molecule has 1 fully saturated rings. The van der Waals surface area contributed by atoms with Gasteiger partial charge in [0, 0.05) is 19.2 Å². The van der Waals surface area contributed by atoms with E-state index in [0.29, 0.717) is 11.4 Å². The average Bonchev–Trinajstić information content (AvgIpc) is 3.19. The molecular formula is C18H22N4O5S. The Balaban J connectivity index is 1.91. The summed E-state index contributed by atoms with van der Waals surface area (Å²) in [5.74, 6) is 0.177. The van der Waals surface area contributed by atoms with Crippen molar-refractivity contribution in [2.75, 3.05) is 13.2 Å².